The molecular weight excluding hydrogens is 330 g/mol. The molecule has 0 bridgehead atoms. The van der Waals surface area contributed by atoms with Gasteiger partial charge < -0.3 is 34.2 Å². The van der Waals surface area contributed by atoms with Crippen LogP contribution in [0.4, 0.5) is 4.79 Å². The topological polar surface area (TPSA) is 106 Å². The molecule has 0 aromatic heterocycles. The number of carboxylic acids is 1. The van der Waals surface area contributed by atoms with Crippen LogP contribution in [0.25, 0.3) is 0 Å². The summed E-state index contributed by atoms with van der Waals surface area (Å²) in [6, 6.07) is 2.25. The van der Waals surface area contributed by atoms with Crippen molar-refractivity contribution < 1.29 is 33.6 Å². The summed E-state index contributed by atoms with van der Waals surface area (Å²) in [7, 11) is 4.30. The number of hydrogen-bond donors (Lipinski definition) is 1. The molecule has 140 valence electrons. The fraction of sp³-hybridized carbons (Fsp3) is 0.529. The molecule has 0 unspecified atom stereocenters. The van der Waals surface area contributed by atoms with Crippen LogP contribution in [0.1, 0.15) is 38.8 Å². The summed E-state index contributed by atoms with van der Waals surface area (Å²) in [5.74, 6) is -0.383. The number of rotatable bonds is 7. The summed E-state index contributed by atoms with van der Waals surface area (Å²) >= 11 is 0. The van der Waals surface area contributed by atoms with Crippen molar-refractivity contribution in [2.45, 2.75) is 38.8 Å². The third-order valence-corrected chi connectivity index (χ3v) is 3.17. The van der Waals surface area contributed by atoms with E-state index in [0.29, 0.717) is 11.3 Å². The molecule has 1 N–H and O–H groups in total. The molecule has 8 heteroatoms. The molecule has 0 aliphatic rings. The Labute approximate surface area is 147 Å². The Hall–Kier alpha value is -2.64. The van der Waals surface area contributed by atoms with E-state index in [0.717, 1.165) is 0 Å². The number of carboxylic acid groups (broad SMARTS) is 1. The first-order valence-electron chi connectivity index (χ1n) is 7.61. The summed E-state index contributed by atoms with van der Waals surface area (Å²) in [6.45, 7) is 5.12. The van der Waals surface area contributed by atoms with E-state index in [1.807, 2.05) is 0 Å². The molecule has 0 fully saturated rings. The van der Waals surface area contributed by atoms with Crippen molar-refractivity contribution in [3.05, 3.63) is 17.7 Å². The zero-order chi connectivity index (χ0) is 19.2. The van der Waals surface area contributed by atoms with E-state index in [2.05, 4.69) is 5.32 Å². The smallest absolute Gasteiger partial charge is 0.408 e. The van der Waals surface area contributed by atoms with Crippen LogP contribution in [0.5, 0.6) is 17.2 Å². The molecule has 8 nitrogen and oxygen atoms in total. The van der Waals surface area contributed by atoms with Gasteiger partial charge in [0.1, 0.15) is 5.60 Å². The number of carbonyl (C=O) groups excluding carboxylic acids is 2. The van der Waals surface area contributed by atoms with Crippen LogP contribution in [-0.4, -0.2) is 39.0 Å². The molecule has 0 aliphatic carbocycles. The number of ether oxygens (including phenoxy) is 4. The Morgan fingerprint density at radius 3 is 2.12 bits per heavy atom. The third kappa shape index (κ3) is 5.74. The Balaban J connectivity index is 3.27. The summed E-state index contributed by atoms with van der Waals surface area (Å²) < 4.78 is 21.0. The molecule has 0 radical (unpaired) electrons. The lowest BCUT2D eigenvalue weighted by Crippen LogP contribution is -2.37. The van der Waals surface area contributed by atoms with E-state index in [1.54, 1.807) is 32.9 Å². The first-order valence-corrected chi connectivity index (χ1v) is 7.61. The molecule has 0 saturated carbocycles. The predicted octanol–water partition coefficient (Wildman–Crippen LogP) is 1.42. The van der Waals surface area contributed by atoms with Crippen LogP contribution in [-0.2, 0) is 9.53 Å². The van der Waals surface area contributed by atoms with Crippen molar-refractivity contribution in [3.8, 4) is 17.2 Å². The van der Waals surface area contributed by atoms with Crippen molar-refractivity contribution in [2.75, 3.05) is 21.3 Å². The number of aliphatic carboxylic acids is 1. The van der Waals surface area contributed by atoms with E-state index in [4.69, 9.17) is 18.9 Å². The van der Waals surface area contributed by atoms with Crippen LogP contribution < -0.4 is 24.6 Å². The molecule has 25 heavy (non-hydrogen) atoms. The van der Waals surface area contributed by atoms with Gasteiger partial charge in [-0.15, -0.1) is 0 Å². The van der Waals surface area contributed by atoms with Crippen molar-refractivity contribution in [1.29, 1.82) is 0 Å². The van der Waals surface area contributed by atoms with E-state index in [1.165, 1.54) is 21.3 Å². The normalized spacial score (nSPS) is 12.1. The highest BCUT2D eigenvalue weighted by molar-refractivity contribution is 5.72. The minimum absolute atomic E-state index is 0.254. The van der Waals surface area contributed by atoms with Gasteiger partial charge in [-0.05, 0) is 32.9 Å². The highest BCUT2D eigenvalue weighted by Gasteiger charge is 2.26. The number of amides is 1. The van der Waals surface area contributed by atoms with Gasteiger partial charge in [0.25, 0.3) is 0 Å². The van der Waals surface area contributed by atoms with E-state index in [-0.39, 0.29) is 11.5 Å². The molecule has 0 saturated heterocycles. The van der Waals surface area contributed by atoms with Crippen molar-refractivity contribution >= 4 is 12.1 Å². The maximum absolute atomic E-state index is 12.1. The lowest BCUT2D eigenvalue weighted by atomic mass is 10.0. The number of methoxy groups -OCH3 is 3. The lowest BCUT2D eigenvalue weighted by molar-refractivity contribution is -0.306. The van der Waals surface area contributed by atoms with Crippen LogP contribution >= 0.6 is 0 Å². The fourth-order valence-corrected chi connectivity index (χ4v) is 2.25. The van der Waals surface area contributed by atoms with Crippen molar-refractivity contribution in [1.82, 2.24) is 5.32 Å². The Morgan fingerprint density at radius 2 is 1.68 bits per heavy atom. The Morgan fingerprint density at radius 1 is 1.08 bits per heavy atom. The number of carbonyl (C=O) groups is 2. The first-order chi connectivity index (χ1) is 11.6. The van der Waals surface area contributed by atoms with Crippen molar-refractivity contribution in [3.63, 3.8) is 0 Å². The molecule has 0 spiro atoms. The molecule has 1 amide bonds. The molecule has 0 aliphatic heterocycles. The lowest BCUT2D eigenvalue weighted by Gasteiger charge is -2.26. The van der Waals surface area contributed by atoms with Gasteiger partial charge in [0, 0.05) is 18.0 Å². The van der Waals surface area contributed by atoms with Gasteiger partial charge in [0.15, 0.2) is 11.5 Å². The van der Waals surface area contributed by atoms with Crippen molar-refractivity contribution in [2.24, 2.45) is 0 Å². The largest absolute Gasteiger partial charge is 0.550 e. The monoisotopic (exact) mass is 354 g/mol. The summed E-state index contributed by atoms with van der Waals surface area (Å²) in [5, 5.41) is 13.7. The van der Waals surface area contributed by atoms with E-state index in [9.17, 15) is 14.7 Å². The number of hydrogen-bond acceptors (Lipinski definition) is 7. The van der Waals surface area contributed by atoms with Crippen LogP contribution in [0.15, 0.2) is 12.1 Å². The molecule has 1 aromatic rings. The van der Waals surface area contributed by atoms with Gasteiger partial charge in [-0.3, -0.25) is 0 Å². The molecule has 1 aromatic carbocycles. The second-order valence-corrected chi connectivity index (χ2v) is 6.20. The summed E-state index contributed by atoms with van der Waals surface area (Å²) in [5.41, 5.74) is -0.326. The van der Waals surface area contributed by atoms with Crippen LogP contribution in [0, 0.1) is 0 Å². The highest BCUT2D eigenvalue weighted by atomic mass is 16.6. The minimum Gasteiger partial charge on any atom is -0.550 e. The average molecular weight is 354 g/mol. The molecular formula is C17H24NO7-. The van der Waals surface area contributed by atoms with Gasteiger partial charge in [0.2, 0.25) is 5.75 Å². The van der Waals surface area contributed by atoms with Gasteiger partial charge in [0.05, 0.1) is 27.4 Å². The summed E-state index contributed by atoms with van der Waals surface area (Å²) in [6.07, 6.45) is -1.22. The fourth-order valence-electron chi connectivity index (χ4n) is 2.25. The standard InChI is InChI=1S/C17H25NO7/c1-17(2,3)25-16(21)18-11(9-13(19)20)10-7-8-12(22-4)15(24-6)14(10)23-5/h7-8,11H,9H2,1-6H3,(H,18,21)(H,19,20)/p-1/t11-/m0/s1. The number of nitrogens with one attached hydrogen (secondary N) is 1. The third-order valence-electron chi connectivity index (χ3n) is 3.17. The van der Waals surface area contributed by atoms with E-state index < -0.39 is 30.1 Å². The summed E-state index contributed by atoms with van der Waals surface area (Å²) in [4.78, 5) is 23.2. The van der Waals surface area contributed by atoms with Gasteiger partial charge in [-0.2, -0.15) is 0 Å². The maximum atomic E-state index is 12.1. The van der Waals surface area contributed by atoms with Gasteiger partial charge >= 0.3 is 6.09 Å². The molecule has 0 heterocycles. The predicted molar refractivity (Wildman–Crippen MR) is 87.8 cm³/mol. The average Bonchev–Trinajstić information content (AvgIpc) is 2.50. The Kier molecular flexibility index (Phi) is 6.90. The number of alkyl carbamates (subject to hydrolysis) is 1. The maximum Gasteiger partial charge on any atom is 0.408 e. The SMILES string of the molecule is COc1ccc([C@H](CC(=O)[O-])NC(=O)OC(C)(C)C)c(OC)c1OC. The molecule has 1 atom stereocenters. The quantitative estimate of drug-likeness (QED) is 0.789. The highest BCUT2D eigenvalue weighted by Crippen LogP contribution is 2.42. The molecule has 1 rings (SSSR count). The second-order valence-electron chi connectivity index (χ2n) is 6.20. The second kappa shape index (κ2) is 8.46. The zero-order valence-electron chi connectivity index (χ0n) is 15.3. The van der Waals surface area contributed by atoms with Gasteiger partial charge in [-0.1, -0.05) is 0 Å². The zero-order valence-corrected chi connectivity index (χ0v) is 15.3. The Bertz CT molecular complexity index is 622. The van der Waals surface area contributed by atoms with Gasteiger partial charge in [-0.25, -0.2) is 4.79 Å². The van der Waals surface area contributed by atoms with Crippen LogP contribution in [0.3, 0.4) is 0 Å². The number of benzene rings is 1. The first kappa shape index (κ1) is 20.4. The minimum atomic E-state index is -1.34. The van der Waals surface area contributed by atoms with E-state index >= 15 is 0 Å². The van der Waals surface area contributed by atoms with Crippen LogP contribution in [0.2, 0.25) is 0 Å².